The van der Waals surface area contributed by atoms with Crippen LogP contribution in [0, 0.1) is 23.5 Å². The second-order valence-electron chi connectivity index (χ2n) is 10.6. The number of ketones is 1. The van der Waals surface area contributed by atoms with Crippen LogP contribution in [0.3, 0.4) is 0 Å². The van der Waals surface area contributed by atoms with E-state index in [2.05, 4.69) is 34.9 Å². The maximum Gasteiger partial charge on any atom is 0.168 e. The van der Waals surface area contributed by atoms with Crippen molar-refractivity contribution in [2.45, 2.75) is 51.0 Å². The Morgan fingerprint density at radius 3 is 2.46 bits per heavy atom. The molecule has 0 saturated heterocycles. The highest BCUT2D eigenvalue weighted by molar-refractivity contribution is 6.12. The lowest BCUT2D eigenvalue weighted by molar-refractivity contribution is 0.0961. The fourth-order valence-corrected chi connectivity index (χ4v) is 6.25. The molecule has 4 aromatic rings. The standard InChI is InChI=1S/C32H31F2NO2/c1-37-24-12-14-29-26(18-24)30(32(36)25-17-23(25)15-21-11-13-27(33)28(34)16-21)31(22-9-5-6-10-22)35(29)19-20-7-3-2-4-8-20/h2-4,7-8,11-14,16,18,22-23,25H,5-6,9-10,15,17,19H2,1H3/t23?,25-/m1/s1. The van der Waals surface area contributed by atoms with Gasteiger partial charge in [-0.25, -0.2) is 8.78 Å². The Labute approximate surface area is 216 Å². The third-order valence-corrected chi connectivity index (χ3v) is 8.22. The summed E-state index contributed by atoms with van der Waals surface area (Å²) in [6.45, 7) is 0.714. The van der Waals surface area contributed by atoms with Crippen LogP contribution in [-0.4, -0.2) is 17.5 Å². The van der Waals surface area contributed by atoms with Crippen molar-refractivity contribution in [3.05, 3.63) is 101 Å². The maximum absolute atomic E-state index is 14.2. The van der Waals surface area contributed by atoms with E-state index in [0.717, 1.165) is 52.7 Å². The molecular weight excluding hydrogens is 468 g/mol. The molecule has 2 saturated carbocycles. The van der Waals surface area contributed by atoms with Crippen molar-refractivity contribution in [1.29, 1.82) is 0 Å². The summed E-state index contributed by atoms with van der Waals surface area (Å²) in [7, 11) is 1.65. The molecule has 1 unspecified atom stereocenters. The molecule has 2 aliphatic rings. The normalized spacial score (nSPS) is 19.4. The Morgan fingerprint density at radius 2 is 1.73 bits per heavy atom. The number of hydrogen-bond donors (Lipinski definition) is 0. The highest BCUT2D eigenvalue weighted by Crippen LogP contribution is 2.48. The molecule has 6 rings (SSSR count). The van der Waals surface area contributed by atoms with Crippen LogP contribution in [0.25, 0.3) is 10.9 Å². The third kappa shape index (κ3) is 4.56. The van der Waals surface area contributed by atoms with Gasteiger partial charge in [-0.1, -0.05) is 49.2 Å². The molecule has 3 nitrogen and oxygen atoms in total. The molecule has 0 amide bonds. The molecule has 2 fully saturated rings. The summed E-state index contributed by atoms with van der Waals surface area (Å²) < 4.78 is 35.1. The van der Waals surface area contributed by atoms with E-state index in [1.54, 1.807) is 13.2 Å². The van der Waals surface area contributed by atoms with Crippen LogP contribution in [0.1, 0.15) is 65.2 Å². The van der Waals surface area contributed by atoms with Crippen molar-refractivity contribution >= 4 is 16.7 Å². The highest BCUT2D eigenvalue weighted by Gasteiger charge is 2.45. The van der Waals surface area contributed by atoms with Gasteiger partial charge < -0.3 is 9.30 Å². The average Bonchev–Trinajstić information content (AvgIpc) is 3.32. The minimum absolute atomic E-state index is 0.102. The molecule has 1 heterocycles. The van der Waals surface area contributed by atoms with Gasteiger partial charge >= 0.3 is 0 Å². The topological polar surface area (TPSA) is 31.2 Å². The van der Waals surface area contributed by atoms with Gasteiger partial charge in [0.05, 0.1) is 7.11 Å². The van der Waals surface area contributed by atoms with Gasteiger partial charge in [-0.05, 0) is 79.0 Å². The van der Waals surface area contributed by atoms with Crippen molar-refractivity contribution in [2.24, 2.45) is 11.8 Å². The van der Waals surface area contributed by atoms with Crippen LogP contribution in [0.2, 0.25) is 0 Å². The van der Waals surface area contributed by atoms with Gasteiger partial charge in [0, 0.05) is 34.6 Å². The highest BCUT2D eigenvalue weighted by atomic mass is 19.2. The van der Waals surface area contributed by atoms with Gasteiger partial charge in [0.15, 0.2) is 17.4 Å². The summed E-state index contributed by atoms with van der Waals surface area (Å²) in [4.78, 5) is 14.2. The number of benzene rings is 3. The first-order chi connectivity index (χ1) is 18.0. The van der Waals surface area contributed by atoms with E-state index in [0.29, 0.717) is 18.9 Å². The summed E-state index contributed by atoms with van der Waals surface area (Å²) >= 11 is 0. The SMILES string of the molecule is COc1ccc2c(c1)c(C(=O)[C@@H]1CC1Cc1ccc(F)c(F)c1)c(C1CCCC1)n2Cc1ccccc1. The molecule has 190 valence electrons. The van der Waals surface area contributed by atoms with E-state index in [-0.39, 0.29) is 17.6 Å². The van der Waals surface area contributed by atoms with E-state index in [1.807, 2.05) is 18.2 Å². The van der Waals surface area contributed by atoms with E-state index in [1.165, 1.54) is 30.5 Å². The number of aromatic nitrogens is 1. The number of carbonyl (C=O) groups excluding carboxylic acids is 1. The molecule has 2 aliphatic carbocycles. The van der Waals surface area contributed by atoms with Crippen molar-refractivity contribution < 1.29 is 18.3 Å². The molecule has 0 radical (unpaired) electrons. The van der Waals surface area contributed by atoms with Gasteiger partial charge in [-0.15, -0.1) is 0 Å². The summed E-state index contributed by atoms with van der Waals surface area (Å²) in [6.07, 6.45) is 5.89. The van der Waals surface area contributed by atoms with Crippen LogP contribution in [0.4, 0.5) is 8.78 Å². The number of halogens is 2. The number of ether oxygens (including phenoxy) is 1. The molecule has 3 aromatic carbocycles. The second-order valence-corrected chi connectivity index (χ2v) is 10.6. The largest absolute Gasteiger partial charge is 0.497 e. The molecule has 0 N–H and O–H groups in total. The van der Waals surface area contributed by atoms with E-state index in [4.69, 9.17) is 4.74 Å². The molecule has 1 aromatic heterocycles. The van der Waals surface area contributed by atoms with Crippen molar-refractivity contribution in [2.75, 3.05) is 7.11 Å². The number of hydrogen-bond acceptors (Lipinski definition) is 2. The number of methoxy groups -OCH3 is 1. The zero-order chi connectivity index (χ0) is 25.5. The van der Waals surface area contributed by atoms with Gasteiger partial charge in [-0.3, -0.25) is 4.79 Å². The van der Waals surface area contributed by atoms with Crippen LogP contribution in [0.15, 0.2) is 66.7 Å². The summed E-state index contributed by atoms with van der Waals surface area (Å²) in [5.74, 6) is -0.356. The number of fused-ring (bicyclic) bond motifs is 1. The van der Waals surface area contributed by atoms with Gasteiger partial charge in [0.25, 0.3) is 0 Å². The molecule has 5 heteroatoms. The molecule has 0 aliphatic heterocycles. The zero-order valence-electron chi connectivity index (χ0n) is 21.1. The van der Waals surface area contributed by atoms with Crippen molar-refractivity contribution in [1.82, 2.24) is 4.57 Å². The molecule has 0 spiro atoms. The van der Waals surface area contributed by atoms with E-state index in [9.17, 15) is 13.6 Å². The van der Waals surface area contributed by atoms with E-state index < -0.39 is 11.6 Å². The first-order valence-electron chi connectivity index (χ1n) is 13.3. The first kappa shape index (κ1) is 23.9. The van der Waals surface area contributed by atoms with Gasteiger partial charge in [0.1, 0.15) is 5.75 Å². The lowest BCUT2D eigenvalue weighted by Crippen LogP contribution is -2.13. The molecule has 2 atom stereocenters. The number of nitrogens with zero attached hydrogens (tertiary/aromatic N) is 1. The van der Waals surface area contributed by atoms with Crippen molar-refractivity contribution in [3.8, 4) is 5.75 Å². The van der Waals surface area contributed by atoms with Gasteiger partial charge in [-0.2, -0.15) is 0 Å². The quantitative estimate of drug-likeness (QED) is 0.233. The van der Waals surface area contributed by atoms with Crippen LogP contribution in [-0.2, 0) is 13.0 Å². The molecule has 0 bridgehead atoms. The number of carbonyl (C=O) groups is 1. The zero-order valence-corrected chi connectivity index (χ0v) is 21.1. The fourth-order valence-electron chi connectivity index (χ4n) is 6.25. The fraction of sp³-hybridized carbons (Fsp3) is 0.344. The first-order valence-corrected chi connectivity index (χ1v) is 13.3. The van der Waals surface area contributed by atoms with Crippen LogP contribution >= 0.6 is 0 Å². The summed E-state index contributed by atoms with van der Waals surface area (Å²) in [6, 6.07) is 20.5. The second kappa shape index (κ2) is 9.77. The van der Waals surface area contributed by atoms with E-state index >= 15 is 0 Å². The summed E-state index contributed by atoms with van der Waals surface area (Å²) in [5.41, 5.74) is 5.01. The van der Waals surface area contributed by atoms with Crippen LogP contribution < -0.4 is 4.74 Å². The third-order valence-electron chi connectivity index (χ3n) is 8.22. The Balaban J connectivity index is 1.41. The lowest BCUT2D eigenvalue weighted by atomic mass is 9.93. The maximum atomic E-state index is 14.2. The number of rotatable bonds is 8. The summed E-state index contributed by atoms with van der Waals surface area (Å²) in [5, 5.41) is 0.959. The Bertz CT molecular complexity index is 1450. The van der Waals surface area contributed by atoms with Gasteiger partial charge in [0.2, 0.25) is 0 Å². The smallest absolute Gasteiger partial charge is 0.168 e. The Kier molecular flexibility index (Phi) is 6.31. The average molecular weight is 500 g/mol. The van der Waals surface area contributed by atoms with Crippen molar-refractivity contribution in [3.63, 3.8) is 0 Å². The molecule has 37 heavy (non-hydrogen) atoms. The lowest BCUT2D eigenvalue weighted by Gasteiger charge is -2.18. The molecular formula is C32H31F2NO2. The predicted molar refractivity (Wildman–Crippen MR) is 141 cm³/mol. The Morgan fingerprint density at radius 1 is 0.946 bits per heavy atom. The predicted octanol–water partition coefficient (Wildman–Crippen LogP) is 7.70. The minimum atomic E-state index is -0.839. The minimum Gasteiger partial charge on any atom is -0.497 e. The van der Waals surface area contributed by atoms with Crippen LogP contribution in [0.5, 0.6) is 5.75 Å². The monoisotopic (exact) mass is 499 g/mol. The number of Topliss-reactive ketones (excluding diaryl/α,β-unsaturated/α-hetero) is 1. The Hall–Kier alpha value is -3.47.